The van der Waals surface area contributed by atoms with Crippen LogP contribution in [0.5, 0.6) is 0 Å². The molecule has 1 aliphatic carbocycles. The minimum atomic E-state index is 0.549. The lowest BCUT2D eigenvalue weighted by Gasteiger charge is -2.34. The number of benzene rings is 1. The van der Waals surface area contributed by atoms with Gasteiger partial charge in [-0.2, -0.15) is 0 Å². The minimum absolute atomic E-state index is 0.549. The molecule has 4 heteroatoms. The third-order valence-electron chi connectivity index (χ3n) is 4.56. The van der Waals surface area contributed by atoms with Crippen molar-refractivity contribution in [2.75, 3.05) is 6.54 Å². The van der Waals surface area contributed by atoms with E-state index in [0.717, 1.165) is 28.8 Å². The molecule has 3 rings (SSSR count). The van der Waals surface area contributed by atoms with E-state index >= 15 is 0 Å². The molecular weight excluding hydrogens is 280 g/mol. The maximum absolute atomic E-state index is 5.98. The molecule has 1 fully saturated rings. The van der Waals surface area contributed by atoms with Crippen LogP contribution in [0.15, 0.2) is 33.9 Å². The Balaban J connectivity index is 1.73. The van der Waals surface area contributed by atoms with Gasteiger partial charge >= 0.3 is 0 Å². The summed E-state index contributed by atoms with van der Waals surface area (Å²) in [6.45, 7) is 3.05. The molecule has 0 saturated heterocycles. The highest BCUT2D eigenvalue weighted by molar-refractivity contribution is 7.99. The van der Waals surface area contributed by atoms with Crippen LogP contribution < -0.4 is 5.73 Å². The first-order valence-electron chi connectivity index (χ1n) is 8.02. The van der Waals surface area contributed by atoms with Gasteiger partial charge in [0.05, 0.1) is 0 Å². The van der Waals surface area contributed by atoms with Crippen molar-refractivity contribution in [3.05, 3.63) is 24.3 Å². The third kappa shape index (κ3) is 3.43. The smallest absolute Gasteiger partial charge is 0.257 e. The molecule has 21 heavy (non-hydrogen) atoms. The van der Waals surface area contributed by atoms with Crippen LogP contribution in [0.4, 0.5) is 0 Å². The summed E-state index contributed by atoms with van der Waals surface area (Å²) in [6, 6.07) is 7.97. The molecule has 1 heterocycles. The second-order valence-electron chi connectivity index (χ2n) is 6.07. The maximum atomic E-state index is 5.98. The Hall–Kier alpha value is -1.00. The highest BCUT2D eigenvalue weighted by Gasteiger charge is 2.31. The predicted octanol–water partition coefficient (Wildman–Crippen LogP) is 4.46. The number of hydrogen-bond donors (Lipinski definition) is 1. The van der Waals surface area contributed by atoms with E-state index in [1.165, 1.54) is 32.1 Å². The first-order chi connectivity index (χ1) is 10.3. The average molecular weight is 304 g/mol. The molecular formula is C17H24N2OS. The van der Waals surface area contributed by atoms with Gasteiger partial charge in [-0.15, -0.1) is 0 Å². The second kappa shape index (κ2) is 6.84. The van der Waals surface area contributed by atoms with Gasteiger partial charge in [0.25, 0.3) is 5.22 Å². The van der Waals surface area contributed by atoms with E-state index < -0.39 is 0 Å². The molecule has 114 valence electrons. The third-order valence-corrected chi connectivity index (χ3v) is 5.82. The Bertz CT molecular complexity index is 550. The molecule has 1 aromatic carbocycles. The fraction of sp³-hybridized carbons (Fsp3) is 0.588. The van der Waals surface area contributed by atoms with Crippen LogP contribution in [0.1, 0.15) is 39.0 Å². The Morgan fingerprint density at radius 3 is 2.95 bits per heavy atom. The summed E-state index contributed by atoms with van der Waals surface area (Å²) in [5.41, 5.74) is 7.81. The van der Waals surface area contributed by atoms with Crippen LogP contribution in [-0.2, 0) is 0 Å². The Kier molecular flexibility index (Phi) is 4.86. The van der Waals surface area contributed by atoms with Crippen LogP contribution in [0.3, 0.4) is 0 Å². The number of nitrogens with two attached hydrogens (primary N) is 1. The van der Waals surface area contributed by atoms with Gasteiger partial charge in [0.2, 0.25) is 0 Å². The van der Waals surface area contributed by atoms with Gasteiger partial charge in [-0.1, -0.05) is 50.1 Å². The van der Waals surface area contributed by atoms with Crippen molar-refractivity contribution in [2.24, 2.45) is 17.6 Å². The van der Waals surface area contributed by atoms with E-state index in [9.17, 15) is 0 Å². The highest BCUT2D eigenvalue weighted by Crippen LogP contribution is 2.41. The van der Waals surface area contributed by atoms with Gasteiger partial charge in [0.15, 0.2) is 5.58 Å². The number of hydrogen-bond acceptors (Lipinski definition) is 4. The zero-order chi connectivity index (χ0) is 14.7. The van der Waals surface area contributed by atoms with Crippen LogP contribution in [-0.4, -0.2) is 16.8 Å². The van der Waals surface area contributed by atoms with Gasteiger partial charge < -0.3 is 10.2 Å². The van der Waals surface area contributed by atoms with E-state index in [-0.39, 0.29) is 0 Å². The van der Waals surface area contributed by atoms with E-state index in [0.29, 0.717) is 11.2 Å². The quantitative estimate of drug-likeness (QED) is 0.886. The number of nitrogens with zero attached hydrogens (tertiary/aromatic N) is 1. The van der Waals surface area contributed by atoms with Gasteiger partial charge in [0.1, 0.15) is 5.52 Å². The lowest BCUT2D eigenvalue weighted by atomic mass is 9.80. The zero-order valence-electron chi connectivity index (χ0n) is 12.6. The Labute approximate surface area is 130 Å². The van der Waals surface area contributed by atoms with Crippen molar-refractivity contribution in [3.63, 3.8) is 0 Å². The van der Waals surface area contributed by atoms with Gasteiger partial charge in [-0.05, 0) is 43.4 Å². The van der Waals surface area contributed by atoms with Crippen LogP contribution in [0.25, 0.3) is 11.1 Å². The van der Waals surface area contributed by atoms with Crippen LogP contribution >= 0.6 is 11.8 Å². The second-order valence-corrected chi connectivity index (χ2v) is 7.26. The molecule has 3 unspecified atom stereocenters. The molecule has 0 radical (unpaired) electrons. The van der Waals surface area contributed by atoms with E-state index in [4.69, 9.17) is 10.2 Å². The molecule has 0 spiro atoms. The Morgan fingerprint density at radius 2 is 2.19 bits per heavy atom. The Morgan fingerprint density at radius 1 is 1.33 bits per heavy atom. The number of para-hydroxylation sites is 2. The predicted molar refractivity (Wildman–Crippen MR) is 88.4 cm³/mol. The molecule has 3 nitrogen and oxygen atoms in total. The van der Waals surface area contributed by atoms with Crippen molar-refractivity contribution in [2.45, 2.75) is 49.5 Å². The fourth-order valence-corrected chi connectivity index (χ4v) is 4.75. The molecule has 1 aromatic heterocycles. The van der Waals surface area contributed by atoms with E-state index in [2.05, 4.69) is 11.9 Å². The van der Waals surface area contributed by atoms with Crippen molar-refractivity contribution in [1.82, 2.24) is 4.98 Å². The topological polar surface area (TPSA) is 52.0 Å². The zero-order valence-corrected chi connectivity index (χ0v) is 13.4. The number of thioether (sulfide) groups is 1. The number of oxazole rings is 1. The van der Waals surface area contributed by atoms with Crippen molar-refractivity contribution in [3.8, 4) is 0 Å². The molecule has 1 aliphatic rings. The molecule has 0 amide bonds. The number of rotatable bonds is 5. The van der Waals surface area contributed by atoms with E-state index in [1.54, 1.807) is 11.8 Å². The van der Waals surface area contributed by atoms with Gasteiger partial charge in [0, 0.05) is 5.25 Å². The fourth-order valence-electron chi connectivity index (χ4n) is 3.39. The molecule has 3 atom stereocenters. The SMILES string of the molecule is CCCC1CCC(CN)C(Sc2nc3ccccc3o2)C1. The van der Waals surface area contributed by atoms with Crippen molar-refractivity contribution >= 4 is 22.9 Å². The summed E-state index contributed by atoms with van der Waals surface area (Å²) in [5, 5.41) is 1.35. The summed E-state index contributed by atoms with van der Waals surface area (Å²) in [7, 11) is 0. The summed E-state index contributed by atoms with van der Waals surface area (Å²) >= 11 is 1.79. The first kappa shape index (κ1) is 14.9. The number of fused-ring (bicyclic) bond motifs is 1. The van der Waals surface area contributed by atoms with Crippen LogP contribution in [0.2, 0.25) is 0 Å². The van der Waals surface area contributed by atoms with Gasteiger partial charge in [-0.3, -0.25) is 0 Å². The summed E-state index contributed by atoms with van der Waals surface area (Å²) in [4.78, 5) is 4.60. The maximum Gasteiger partial charge on any atom is 0.257 e. The lowest BCUT2D eigenvalue weighted by Crippen LogP contribution is -2.32. The molecule has 0 bridgehead atoms. The first-order valence-corrected chi connectivity index (χ1v) is 8.90. The largest absolute Gasteiger partial charge is 0.431 e. The summed E-state index contributed by atoms with van der Waals surface area (Å²) < 4.78 is 5.87. The lowest BCUT2D eigenvalue weighted by molar-refractivity contribution is 0.274. The monoisotopic (exact) mass is 304 g/mol. The molecule has 1 saturated carbocycles. The molecule has 2 N–H and O–H groups in total. The molecule has 0 aliphatic heterocycles. The van der Waals surface area contributed by atoms with Crippen LogP contribution in [0, 0.1) is 11.8 Å². The standard InChI is InChI=1S/C17H24N2OS/c1-2-5-12-8-9-13(11-18)16(10-12)21-17-19-14-6-3-4-7-15(14)20-17/h3-4,6-7,12-13,16H,2,5,8-11,18H2,1H3. The normalized spacial score (nSPS) is 26.3. The van der Waals surface area contributed by atoms with Gasteiger partial charge in [-0.25, -0.2) is 4.98 Å². The summed E-state index contributed by atoms with van der Waals surface area (Å²) in [6.07, 6.45) is 6.44. The van der Waals surface area contributed by atoms with Crippen molar-refractivity contribution in [1.29, 1.82) is 0 Å². The average Bonchev–Trinajstić information content (AvgIpc) is 2.90. The highest BCUT2D eigenvalue weighted by atomic mass is 32.2. The summed E-state index contributed by atoms with van der Waals surface area (Å²) in [5.74, 6) is 1.44. The van der Waals surface area contributed by atoms with Crippen molar-refractivity contribution < 1.29 is 4.42 Å². The van der Waals surface area contributed by atoms with E-state index in [1.807, 2.05) is 24.3 Å². The molecule has 2 aromatic rings. The number of aromatic nitrogens is 1. The minimum Gasteiger partial charge on any atom is -0.431 e.